The summed E-state index contributed by atoms with van der Waals surface area (Å²) in [5.74, 6) is -0.252. The molecule has 0 radical (unpaired) electrons. The standard InChI is InChI=1S/C20H23N5O2/c1-23-7-9-24(10-8-23)12-14-5-6-16(11-18(14)26)25-13-15-3-2-4-17(20(21)27)19(15)22-25/h2-6,11,13,26H,7-10,12H2,1H3,(H2,21,27). The molecule has 1 saturated heterocycles. The van der Waals surface area contributed by atoms with Crippen molar-refractivity contribution in [2.24, 2.45) is 5.73 Å². The van der Waals surface area contributed by atoms with Crippen LogP contribution in [0.5, 0.6) is 5.75 Å². The smallest absolute Gasteiger partial charge is 0.250 e. The van der Waals surface area contributed by atoms with Crippen LogP contribution in [0.25, 0.3) is 16.6 Å². The minimum Gasteiger partial charge on any atom is -0.508 e. The maximum atomic E-state index is 11.6. The van der Waals surface area contributed by atoms with Crippen molar-refractivity contribution in [3.8, 4) is 11.4 Å². The quantitative estimate of drug-likeness (QED) is 0.733. The van der Waals surface area contributed by atoms with Crippen LogP contribution in [-0.4, -0.2) is 63.8 Å². The van der Waals surface area contributed by atoms with Crippen molar-refractivity contribution in [1.82, 2.24) is 19.6 Å². The molecule has 7 nitrogen and oxygen atoms in total. The number of carbonyl (C=O) groups excluding carboxylic acids is 1. The fourth-order valence-corrected chi connectivity index (χ4v) is 3.45. The van der Waals surface area contributed by atoms with Crippen molar-refractivity contribution in [3.05, 3.63) is 53.7 Å². The molecule has 1 aliphatic heterocycles. The lowest BCUT2D eigenvalue weighted by Crippen LogP contribution is -2.43. The molecule has 0 unspecified atom stereocenters. The van der Waals surface area contributed by atoms with Crippen molar-refractivity contribution in [2.45, 2.75) is 6.54 Å². The largest absolute Gasteiger partial charge is 0.508 e. The van der Waals surface area contributed by atoms with Gasteiger partial charge in [-0.3, -0.25) is 9.69 Å². The number of carbonyl (C=O) groups is 1. The topological polar surface area (TPSA) is 87.6 Å². The van der Waals surface area contributed by atoms with Crippen molar-refractivity contribution in [2.75, 3.05) is 33.2 Å². The molecule has 140 valence electrons. The maximum Gasteiger partial charge on any atom is 0.250 e. The van der Waals surface area contributed by atoms with E-state index in [1.807, 2.05) is 24.4 Å². The number of aromatic nitrogens is 2. The van der Waals surface area contributed by atoms with E-state index in [1.54, 1.807) is 22.9 Å². The Morgan fingerprint density at radius 1 is 1.19 bits per heavy atom. The number of likely N-dealkylation sites (N-methyl/N-ethyl adjacent to an activating group) is 1. The number of phenolic OH excluding ortho intramolecular Hbond substituents is 1. The third kappa shape index (κ3) is 3.51. The Labute approximate surface area is 157 Å². The van der Waals surface area contributed by atoms with Crippen LogP contribution in [0.4, 0.5) is 0 Å². The van der Waals surface area contributed by atoms with E-state index in [2.05, 4.69) is 21.9 Å². The molecule has 27 heavy (non-hydrogen) atoms. The number of piperazine rings is 1. The summed E-state index contributed by atoms with van der Waals surface area (Å²) in [6.45, 7) is 4.81. The van der Waals surface area contributed by atoms with Crippen LogP contribution in [0.1, 0.15) is 15.9 Å². The Kier molecular flexibility index (Phi) is 4.55. The highest BCUT2D eigenvalue weighted by Crippen LogP contribution is 2.25. The summed E-state index contributed by atoms with van der Waals surface area (Å²) in [7, 11) is 2.13. The summed E-state index contributed by atoms with van der Waals surface area (Å²) in [6.07, 6.45) is 1.83. The molecule has 7 heteroatoms. The molecule has 0 aliphatic carbocycles. The molecule has 3 N–H and O–H groups in total. The summed E-state index contributed by atoms with van der Waals surface area (Å²) >= 11 is 0. The van der Waals surface area contributed by atoms with Gasteiger partial charge in [0, 0.05) is 55.9 Å². The van der Waals surface area contributed by atoms with Crippen molar-refractivity contribution in [3.63, 3.8) is 0 Å². The Morgan fingerprint density at radius 2 is 1.96 bits per heavy atom. The van der Waals surface area contributed by atoms with E-state index in [-0.39, 0.29) is 5.75 Å². The number of hydrogen-bond donors (Lipinski definition) is 2. The molecule has 1 aliphatic rings. The van der Waals surface area contributed by atoms with Gasteiger partial charge in [-0.1, -0.05) is 18.2 Å². The van der Waals surface area contributed by atoms with E-state index in [9.17, 15) is 9.90 Å². The average Bonchev–Trinajstić information content (AvgIpc) is 3.09. The highest BCUT2D eigenvalue weighted by molar-refractivity contribution is 6.04. The van der Waals surface area contributed by atoms with Gasteiger partial charge >= 0.3 is 0 Å². The number of aromatic hydroxyl groups is 1. The maximum absolute atomic E-state index is 11.6. The number of fused-ring (bicyclic) bond motifs is 1. The third-order valence-corrected chi connectivity index (χ3v) is 5.13. The van der Waals surface area contributed by atoms with Crippen LogP contribution in [0.15, 0.2) is 42.6 Å². The number of primary amides is 1. The molecule has 2 heterocycles. The zero-order chi connectivity index (χ0) is 19.0. The Balaban J connectivity index is 1.60. The van der Waals surface area contributed by atoms with Gasteiger partial charge in [-0.25, -0.2) is 4.68 Å². The van der Waals surface area contributed by atoms with E-state index in [0.29, 0.717) is 11.1 Å². The molecule has 0 atom stereocenters. The molecule has 1 amide bonds. The van der Waals surface area contributed by atoms with E-state index in [0.717, 1.165) is 49.4 Å². The zero-order valence-corrected chi connectivity index (χ0v) is 15.3. The molecule has 0 bridgehead atoms. The fourth-order valence-electron chi connectivity index (χ4n) is 3.45. The summed E-state index contributed by atoms with van der Waals surface area (Å²) < 4.78 is 1.66. The Hall–Kier alpha value is -2.90. The Bertz CT molecular complexity index is 989. The summed E-state index contributed by atoms with van der Waals surface area (Å²) in [5.41, 5.74) is 8.02. The van der Waals surface area contributed by atoms with E-state index in [4.69, 9.17) is 5.73 Å². The van der Waals surface area contributed by atoms with Crippen LogP contribution >= 0.6 is 0 Å². The van der Waals surface area contributed by atoms with Crippen LogP contribution in [0.2, 0.25) is 0 Å². The van der Waals surface area contributed by atoms with Crippen LogP contribution in [0, 0.1) is 0 Å². The SMILES string of the molecule is CN1CCN(Cc2ccc(-n3cc4cccc(C(N)=O)c4n3)cc2O)CC1. The summed E-state index contributed by atoms with van der Waals surface area (Å²) in [6, 6.07) is 10.9. The first-order chi connectivity index (χ1) is 13.0. The lowest BCUT2D eigenvalue weighted by atomic mass is 10.1. The first kappa shape index (κ1) is 17.5. The molecule has 2 aromatic carbocycles. The number of benzene rings is 2. The third-order valence-electron chi connectivity index (χ3n) is 5.13. The number of nitrogens with two attached hydrogens (primary N) is 1. The van der Waals surface area contributed by atoms with Gasteiger partial charge in [-0.2, -0.15) is 5.10 Å². The van der Waals surface area contributed by atoms with E-state index < -0.39 is 5.91 Å². The monoisotopic (exact) mass is 365 g/mol. The molecule has 3 aromatic rings. The van der Waals surface area contributed by atoms with Crippen molar-refractivity contribution < 1.29 is 9.90 Å². The number of nitrogens with zero attached hydrogens (tertiary/aromatic N) is 4. The molecule has 0 saturated carbocycles. The molecule has 0 spiro atoms. The van der Waals surface area contributed by atoms with E-state index in [1.165, 1.54) is 0 Å². The van der Waals surface area contributed by atoms with Gasteiger partial charge < -0.3 is 15.7 Å². The van der Waals surface area contributed by atoms with Crippen LogP contribution < -0.4 is 5.73 Å². The van der Waals surface area contributed by atoms with Gasteiger partial charge in [0.25, 0.3) is 5.91 Å². The second-order valence-electron chi connectivity index (χ2n) is 7.07. The second-order valence-corrected chi connectivity index (χ2v) is 7.07. The van der Waals surface area contributed by atoms with Gasteiger partial charge in [-0.05, 0) is 19.2 Å². The number of phenols is 1. The van der Waals surface area contributed by atoms with Gasteiger partial charge in [0.05, 0.1) is 11.3 Å². The highest BCUT2D eigenvalue weighted by Gasteiger charge is 2.16. The van der Waals surface area contributed by atoms with Crippen molar-refractivity contribution >= 4 is 16.8 Å². The van der Waals surface area contributed by atoms with Gasteiger partial charge in [0.1, 0.15) is 11.3 Å². The Morgan fingerprint density at radius 3 is 2.67 bits per heavy atom. The average molecular weight is 365 g/mol. The van der Waals surface area contributed by atoms with Gasteiger partial charge in [0.2, 0.25) is 0 Å². The van der Waals surface area contributed by atoms with Crippen LogP contribution in [-0.2, 0) is 6.54 Å². The predicted molar refractivity (Wildman–Crippen MR) is 104 cm³/mol. The van der Waals surface area contributed by atoms with Crippen LogP contribution in [0.3, 0.4) is 0 Å². The minimum atomic E-state index is -0.503. The first-order valence-electron chi connectivity index (χ1n) is 9.02. The molecule has 1 fully saturated rings. The normalized spacial score (nSPS) is 16.0. The predicted octanol–water partition coefficient (Wildman–Crippen LogP) is 1.58. The van der Waals surface area contributed by atoms with Gasteiger partial charge in [-0.15, -0.1) is 0 Å². The lowest BCUT2D eigenvalue weighted by molar-refractivity contribution is 0.100. The van der Waals surface area contributed by atoms with E-state index >= 15 is 0 Å². The van der Waals surface area contributed by atoms with Crippen molar-refractivity contribution in [1.29, 1.82) is 0 Å². The highest BCUT2D eigenvalue weighted by atomic mass is 16.3. The minimum absolute atomic E-state index is 0.251. The molecular formula is C20H23N5O2. The first-order valence-corrected chi connectivity index (χ1v) is 9.02. The number of hydrogen-bond acceptors (Lipinski definition) is 5. The zero-order valence-electron chi connectivity index (χ0n) is 15.3. The number of rotatable bonds is 4. The van der Waals surface area contributed by atoms with Gasteiger partial charge in [0.15, 0.2) is 0 Å². The summed E-state index contributed by atoms with van der Waals surface area (Å²) in [4.78, 5) is 16.2. The molecular weight excluding hydrogens is 342 g/mol. The molecule has 1 aromatic heterocycles. The summed E-state index contributed by atoms with van der Waals surface area (Å²) in [5, 5.41) is 15.8. The lowest BCUT2D eigenvalue weighted by Gasteiger charge is -2.32. The second kappa shape index (κ2) is 7.02. The molecule has 4 rings (SSSR count). The fraction of sp³-hybridized carbons (Fsp3) is 0.300. The number of amides is 1.